The minimum absolute atomic E-state index is 0.784. The highest BCUT2D eigenvalue weighted by atomic mass is 14.9. The first kappa shape index (κ1) is 10.0. The fourth-order valence-corrected chi connectivity index (χ4v) is 1.66. The number of nitrogens with one attached hydrogen (secondary N) is 2. The van der Waals surface area contributed by atoms with Crippen molar-refractivity contribution in [1.29, 1.82) is 0 Å². The molecule has 0 amide bonds. The second-order valence-electron chi connectivity index (χ2n) is 4.25. The van der Waals surface area contributed by atoms with Gasteiger partial charge < -0.3 is 10.6 Å². The maximum absolute atomic E-state index is 3.53. The van der Waals surface area contributed by atoms with E-state index in [0.29, 0.717) is 0 Å². The molecule has 0 aromatic carbocycles. The highest BCUT2D eigenvalue weighted by Crippen LogP contribution is 2.09. The summed E-state index contributed by atoms with van der Waals surface area (Å²) < 4.78 is 0. The summed E-state index contributed by atoms with van der Waals surface area (Å²) in [7, 11) is 0. The van der Waals surface area contributed by atoms with E-state index in [1.807, 2.05) is 0 Å². The van der Waals surface area contributed by atoms with Gasteiger partial charge in [-0.15, -0.1) is 0 Å². The van der Waals surface area contributed by atoms with Gasteiger partial charge in [0.1, 0.15) is 0 Å². The maximum atomic E-state index is 3.53. The molecule has 0 radical (unpaired) electrons. The van der Waals surface area contributed by atoms with Crippen LogP contribution in [0.25, 0.3) is 0 Å². The van der Waals surface area contributed by atoms with Gasteiger partial charge in [0.2, 0.25) is 0 Å². The van der Waals surface area contributed by atoms with Crippen LogP contribution in [0.3, 0.4) is 0 Å². The molecule has 0 aliphatic carbocycles. The Morgan fingerprint density at radius 1 is 1.33 bits per heavy atom. The van der Waals surface area contributed by atoms with E-state index in [-0.39, 0.29) is 0 Å². The van der Waals surface area contributed by atoms with E-state index in [9.17, 15) is 0 Å². The molecule has 0 aromatic rings. The third-order valence-corrected chi connectivity index (χ3v) is 2.44. The van der Waals surface area contributed by atoms with Crippen LogP contribution in [0.5, 0.6) is 0 Å². The van der Waals surface area contributed by atoms with E-state index < -0.39 is 0 Å². The zero-order valence-electron chi connectivity index (χ0n) is 8.40. The lowest BCUT2D eigenvalue weighted by Gasteiger charge is -2.23. The second kappa shape index (κ2) is 5.55. The monoisotopic (exact) mass is 170 g/mol. The Labute approximate surface area is 76.1 Å². The lowest BCUT2D eigenvalue weighted by Crippen LogP contribution is -2.34. The summed E-state index contributed by atoms with van der Waals surface area (Å²) in [5, 5.41) is 6.91. The molecule has 0 bridgehead atoms. The van der Waals surface area contributed by atoms with E-state index >= 15 is 0 Å². The van der Waals surface area contributed by atoms with Crippen molar-refractivity contribution >= 4 is 0 Å². The Kier molecular flexibility index (Phi) is 4.62. The summed E-state index contributed by atoms with van der Waals surface area (Å²) in [6.45, 7) is 9.34. The van der Waals surface area contributed by atoms with Crippen molar-refractivity contribution in [2.75, 3.05) is 26.2 Å². The highest BCUT2D eigenvalue weighted by molar-refractivity contribution is 4.70. The van der Waals surface area contributed by atoms with Gasteiger partial charge in [0.15, 0.2) is 0 Å². The van der Waals surface area contributed by atoms with Gasteiger partial charge in [-0.2, -0.15) is 0 Å². The van der Waals surface area contributed by atoms with E-state index in [0.717, 1.165) is 11.8 Å². The summed E-state index contributed by atoms with van der Waals surface area (Å²) in [6, 6.07) is 0. The average molecular weight is 170 g/mol. The van der Waals surface area contributed by atoms with E-state index in [4.69, 9.17) is 0 Å². The molecule has 1 heterocycles. The number of hydrogen-bond acceptors (Lipinski definition) is 2. The van der Waals surface area contributed by atoms with E-state index in [1.165, 1.54) is 39.0 Å². The summed E-state index contributed by atoms with van der Waals surface area (Å²) in [5.74, 6) is 1.71. The molecule has 12 heavy (non-hydrogen) atoms. The van der Waals surface area contributed by atoms with Crippen LogP contribution in [0.2, 0.25) is 0 Å². The van der Waals surface area contributed by atoms with Crippen LogP contribution in [0.4, 0.5) is 0 Å². The molecule has 1 fully saturated rings. The van der Waals surface area contributed by atoms with Gasteiger partial charge in [-0.1, -0.05) is 13.8 Å². The minimum Gasteiger partial charge on any atom is -0.317 e. The van der Waals surface area contributed by atoms with Gasteiger partial charge in [-0.3, -0.25) is 0 Å². The molecule has 1 aliphatic heterocycles. The predicted octanol–water partition coefficient (Wildman–Crippen LogP) is 1.23. The first-order chi connectivity index (χ1) is 5.79. The number of hydrogen-bond donors (Lipinski definition) is 2. The van der Waals surface area contributed by atoms with Crippen LogP contribution in [0.15, 0.2) is 0 Å². The average Bonchev–Trinajstić information content (AvgIpc) is 2.05. The van der Waals surface area contributed by atoms with Crippen LogP contribution in [-0.2, 0) is 0 Å². The summed E-state index contributed by atoms with van der Waals surface area (Å²) in [5.41, 5.74) is 0. The van der Waals surface area contributed by atoms with Gasteiger partial charge in [-0.25, -0.2) is 0 Å². The Bertz CT molecular complexity index is 106. The SMILES string of the molecule is CC(C)CNCC1CCNCC1. The molecule has 0 unspecified atom stereocenters. The molecule has 72 valence electrons. The summed E-state index contributed by atoms with van der Waals surface area (Å²) in [4.78, 5) is 0. The molecular weight excluding hydrogens is 148 g/mol. The third kappa shape index (κ3) is 4.07. The molecule has 1 aliphatic rings. The van der Waals surface area contributed by atoms with Crippen molar-refractivity contribution in [3.63, 3.8) is 0 Å². The van der Waals surface area contributed by atoms with Crippen molar-refractivity contribution < 1.29 is 0 Å². The predicted molar refractivity (Wildman–Crippen MR) is 53.3 cm³/mol. The quantitative estimate of drug-likeness (QED) is 0.663. The van der Waals surface area contributed by atoms with Crippen molar-refractivity contribution in [2.24, 2.45) is 11.8 Å². The van der Waals surface area contributed by atoms with Crippen LogP contribution in [0.1, 0.15) is 26.7 Å². The molecule has 1 saturated heterocycles. The standard InChI is InChI=1S/C10H22N2/c1-9(2)7-12-8-10-3-5-11-6-4-10/h9-12H,3-8H2,1-2H3. The minimum atomic E-state index is 0.784. The second-order valence-corrected chi connectivity index (χ2v) is 4.25. The Morgan fingerprint density at radius 2 is 2.00 bits per heavy atom. The Morgan fingerprint density at radius 3 is 2.58 bits per heavy atom. The third-order valence-electron chi connectivity index (χ3n) is 2.44. The van der Waals surface area contributed by atoms with Crippen LogP contribution >= 0.6 is 0 Å². The van der Waals surface area contributed by atoms with Crippen molar-refractivity contribution in [3.8, 4) is 0 Å². The van der Waals surface area contributed by atoms with Gasteiger partial charge >= 0.3 is 0 Å². The molecule has 2 heteroatoms. The van der Waals surface area contributed by atoms with Crippen molar-refractivity contribution in [2.45, 2.75) is 26.7 Å². The molecule has 1 rings (SSSR count). The number of piperidine rings is 1. The van der Waals surface area contributed by atoms with Gasteiger partial charge in [0, 0.05) is 0 Å². The van der Waals surface area contributed by atoms with Crippen LogP contribution < -0.4 is 10.6 Å². The van der Waals surface area contributed by atoms with Gasteiger partial charge in [-0.05, 0) is 50.9 Å². The molecule has 0 aromatic heterocycles. The van der Waals surface area contributed by atoms with E-state index in [1.54, 1.807) is 0 Å². The van der Waals surface area contributed by atoms with Crippen molar-refractivity contribution in [3.05, 3.63) is 0 Å². The normalized spacial score (nSPS) is 20.2. The molecule has 0 saturated carbocycles. The van der Waals surface area contributed by atoms with Crippen LogP contribution in [0, 0.1) is 11.8 Å². The molecular formula is C10H22N2. The lowest BCUT2D eigenvalue weighted by molar-refractivity contribution is 0.350. The first-order valence-electron chi connectivity index (χ1n) is 5.20. The lowest BCUT2D eigenvalue weighted by atomic mass is 9.98. The number of rotatable bonds is 4. The zero-order chi connectivity index (χ0) is 8.81. The fraction of sp³-hybridized carbons (Fsp3) is 1.00. The van der Waals surface area contributed by atoms with Gasteiger partial charge in [0.25, 0.3) is 0 Å². The first-order valence-corrected chi connectivity index (χ1v) is 5.20. The highest BCUT2D eigenvalue weighted by Gasteiger charge is 2.11. The Hall–Kier alpha value is -0.0800. The molecule has 0 atom stereocenters. The van der Waals surface area contributed by atoms with E-state index in [2.05, 4.69) is 24.5 Å². The summed E-state index contributed by atoms with van der Waals surface area (Å²) >= 11 is 0. The fourth-order valence-electron chi connectivity index (χ4n) is 1.66. The Balaban J connectivity index is 1.98. The van der Waals surface area contributed by atoms with Crippen molar-refractivity contribution in [1.82, 2.24) is 10.6 Å². The largest absolute Gasteiger partial charge is 0.317 e. The summed E-state index contributed by atoms with van der Waals surface area (Å²) in [6.07, 6.45) is 2.70. The maximum Gasteiger partial charge on any atom is -0.00195 e. The topological polar surface area (TPSA) is 24.1 Å². The molecule has 2 nitrogen and oxygen atoms in total. The van der Waals surface area contributed by atoms with Crippen LogP contribution in [-0.4, -0.2) is 26.2 Å². The van der Waals surface area contributed by atoms with Gasteiger partial charge in [0.05, 0.1) is 0 Å². The smallest absolute Gasteiger partial charge is 0.00195 e. The zero-order valence-corrected chi connectivity index (χ0v) is 8.40. The molecule has 0 spiro atoms. The molecule has 2 N–H and O–H groups in total.